The number of halogens is 1. The van der Waals surface area contributed by atoms with E-state index in [1.165, 1.54) is 0 Å². The van der Waals surface area contributed by atoms with Gasteiger partial charge in [0.15, 0.2) is 0 Å². The van der Waals surface area contributed by atoms with Crippen LogP contribution in [0, 0.1) is 5.41 Å². The van der Waals surface area contributed by atoms with Gasteiger partial charge in [-0.1, -0.05) is 0 Å². The first-order valence-corrected chi connectivity index (χ1v) is 5.36. The predicted molar refractivity (Wildman–Crippen MR) is 59.2 cm³/mol. The minimum atomic E-state index is -0.614. The number of ether oxygens (including phenoxy) is 1. The lowest BCUT2D eigenvalue weighted by molar-refractivity contribution is -0.0307. The summed E-state index contributed by atoms with van der Waals surface area (Å²) >= 11 is 0. The van der Waals surface area contributed by atoms with E-state index in [1.54, 1.807) is 0 Å². The maximum Gasteiger partial charge on any atom is 0.0923 e. The van der Waals surface area contributed by atoms with Gasteiger partial charge in [-0.2, -0.15) is 0 Å². The van der Waals surface area contributed by atoms with Gasteiger partial charge in [0.2, 0.25) is 0 Å². The zero-order chi connectivity index (χ0) is 10.0. The first-order valence-electron chi connectivity index (χ1n) is 5.36. The molecule has 2 saturated heterocycles. The second kappa shape index (κ2) is 5.46. The van der Waals surface area contributed by atoms with Gasteiger partial charge in [-0.3, -0.25) is 0 Å². The van der Waals surface area contributed by atoms with Gasteiger partial charge in [-0.05, 0) is 24.7 Å². The van der Waals surface area contributed by atoms with Crippen LogP contribution in [-0.4, -0.2) is 48.7 Å². The smallest absolute Gasteiger partial charge is 0.0923 e. The maximum atomic E-state index is 9.74. The molecule has 2 aliphatic heterocycles. The highest BCUT2D eigenvalue weighted by molar-refractivity contribution is 5.85. The van der Waals surface area contributed by atoms with Crippen molar-refractivity contribution in [3.05, 3.63) is 0 Å². The van der Waals surface area contributed by atoms with Crippen molar-refractivity contribution in [2.24, 2.45) is 5.41 Å². The fourth-order valence-electron chi connectivity index (χ4n) is 2.46. The Bertz CT molecular complexity index is 197. The molecule has 2 atom stereocenters. The molecule has 2 rings (SSSR count). The van der Waals surface area contributed by atoms with Gasteiger partial charge in [0, 0.05) is 26.3 Å². The van der Waals surface area contributed by atoms with E-state index in [0.717, 1.165) is 32.6 Å². The quantitative estimate of drug-likeness (QED) is 0.552. The third-order valence-electron chi connectivity index (χ3n) is 3.49. The molecule has 4 nitrogen and oxygen atoms in total. The monoisotopic (exact) mass is 237 g/mol. The van der Waals surface area contributed by atoms with Gasteiger partial charge < -0.3 is 20.3 Å². The van der Waals surface area contributed by atoms with Gasteiger partial charge in [0.1, 0.15) is 0 Å². The van der Waals surface area contributed by atoms with Crippen LogP contribution in [0.15, 0.2) is 0 Å². The van der Waals surface area contributed by atoms with Crippen LogP contribution < -0.4 is 5.32 Å². The fraction of sp³-hybridized carbons (Fsp3) is 1.00. The Balaban J connectivity index is 0.00000112. The molecule has 1 spiro atoms. The highest BCUT2D eigenvalue weighted by atomic mass is 35.5. The number of hydrogen-bond acceptors (Lipinski definition) is 4. The van der Waals surface area contributed by atoms with Crippen LogP contribution in [0.3, 0.4) is 0 Å². The van der Waals surface area contributed by atoms with Crippen LogP contribution in [0.1, 0.15) is 19.3 Å². The van der Waals surface area contributed by atoms with Crippen LogP contribution in [0.25, 0.3) is 0 Å². The van der Waals surface area contributed by atoms with Crippen LogP contribution in [-0.2, 0) is 4.74 Å². The molecule has 2 heterocycles. The van der Waals surface area contributed by atoms with Crippen molar-refractivity contribution in [1.29, 1.82) is 0 Å². The third kappa shape index (κ3) is 3.04. The van der Waals surface area contributed by atoms with E-state index in [-0.39, 0.29) is 17.8 Å². The summed E-state index contributed by atoms with van der Waals surface area (Å²) in [5.41, 5.74) is 0.148. The summed E-state index contributed by atoms with van der Waals surface area (Å²) in [5, 5.41) is 22.5. The first kappa shape index (κ1) is 13.2. The van der Waals surface area contributed by atoms with Crippen molar-refractivity contribution in [2.45, 2.75) is 31.5 Å². The van der Waals surface area contributed by atoms with Crippen LogP contribution in [0.2, 0.25) is 0 Å². The second-order valence-electron chi connectivity index (χ2n) is 4.58. The normalized spacial score (nSPS) is 35.6. The molecule has 0 aromatic carbocycles. The molecule has 0 unspecified atom stereocenters. The predicted octanol–water partition coefficient (Wildman–Crippen LogP) is -0.0799. The molecule has 0 aromatic rings. The third-order valence-corrected chi connectivity index (χ3v) is 3.49. The number of aliphatic hydroxyl groups is 2. The van der Waals surface area contributed by atoms with E-state index in [9.17, 15) is 10.2 Å². The minimum absolute atomic E-state index is 0. The van der Waals surface area contributed by atoms with Crippen molar-refractivity contribution in [2.75, 3.05) is 26.3 Å². The van der Waals surface area contributed by atoms with Gasteiger partial charge in [0.25, 0.3) is 0 Å². The van der Waals surface area contributed by atoms with Gasteiger partial charge in [0.05, 0.1) is 12.2 Å². The molecule has 0 bridgehead atoms. The van der Waals surface area contributed by atoms with Gasteiger partial charge in [-0.15, -0.1) is 12.4 Å². The largest absolute Gasteiger partial charge is 0.390 e. The Kier molecular flexibility index (Phi) is 4.80. The van der Waals surface area contributed by atoms with E-state index in [1.807, 2.05) is 0 Å². The summed E-state index contributed by atoms with van der Waals surface area (Å²) in [7, 11) is 0. The fourth-order valence-corrected chi connectivity index (χ4v) is 2.46. The molecule has 2 aliphatic rings. The average molecular weight is 238 g/mol. The summed E-state index contributed by atoms with van der Waals surface area (Å²) < 4.78 is 5.33. The summed E-state index contributed by atoms with van der Waals surface area (Å²) in [6, 6.07) is 0. The highest BCUT2D eigenvalue weighted by Crippen LogP contribution is 2.36. The van der Waals surface area contributed by atoms with E-state index >= 15 is 0 Å². The topological polar surface area (TPSA) is 61.7 Å². The first-order chi connectivity index (χ1) is 6.72. The zero-order valence-electron chi connectivity index (χ0n) is 8.82. The Morgan fingerprint density at radius 2 is 1.80 bits per heavy atom. The Morgan fingerprint density at radius 1 is 1.13 bits per heavy atom. The standard InChI is InChI=1S/C10H19NO3.ClH/c12-8-5-10(1-3-14-4-2-10)7-11-6-9(8)13;/h8-9,11-13H,1-7H2;1H/t8-,9+;/m0./s1. The zero-order valence-corrected chi connectivity index (χ0v) is 9.63. The molecule has 0 radical (unpaired) electrons. The van der Waals surface area contributed by atoms with Crippen molar-refractivity contribution >= 4 is 12.4 Å². The van der Waals surface area contributed by atoms with Crippen molar-refractivity contribution < 1.29 is 14.9 Å². The molecular formula is C10H20ClNO3. The van der Waals surface area contributed by atoms with E-state index in [2.05, 4.69) is 5.32 Å². The summed E-state index contributed by atoms with van der Waals surface area (Å²) in [6.07, 6.45) is 1.48. The van der Waals surface area contributed by atoms with Crippen LogP contribution in [0.5, 0.6) is 0 Å². The lowest BCUT2D eigenvalue weighted by Gasteiger charge is -2.37. The van der Waals surface area contributed by atoms with Gasteiger partial charge in [-0.25, -0.2) is 0 Å². The molecule has 0 amide bonds. The highest BCUT2D eigenvalue weighted by Gasteiger charge is 2.38. The molecule has 3 N–H and O–H groups in total. The number of β-amino-alcohol motifs (C(OH)–C–C–N with tert-alkyl or cyclic N) is 1. The lowest BCUT2D eigenvalue weighted by Crippen LogP contribution is -2.38. The molecule has 0 aromatic heterocycles. The molecule has 0 aliphatic carbocycles. The van der Waals surface area contributed by atoms with Crippen LogP contribution >= 0.6 is 12.4 Å². The van der Waals surface area contributed by atoms with E-state index in [4.69, 9.17) is 4.74 Å². The Hall–Kier alpha value is 0.130. The number of nitrogens with one attached hydrogen (secondary N) is 1. The van der Waals surface area contributed by atoms with Crippen molar-refractivity contribution in [3.8, 4) is 0 Å². The Labute approximate surface area is 96.4 Å². The maximum absolute atomic E-state index is 9.74. The summed E-state index contributed by atoms with van der Waals surface area (Å²) in [4.78, 5) is 0. The molecular weight excluding hydrogens is 218 g/mol. The SMILES string of the molecule is Cl.O[C@@H]1CNCC2(CCOCC2)C[C@@H]1O. The molecule has 90 valence electrons. The molecule has 15 heavy (non-hydrogen) atoms. The van der Waals surface area contributed by atoms with Gasteiger partial charge >= 0.3 is 0 Å². The summed E-state index contributed by atoms with van der Waals surface area (Å²) in [6.45, 7) is 2.96. The number of rotatable bonds is 0. The summed E-state index contributed by atoms with van der Waals surface area (Å²) in [5.74, 6) is 0. The average Bonchev–Trinajstić information content (AvgIpc) is 2.30. The molecule has 0 saturated carbocycles. The van der Waals surface area contributed by atoms with Crippen molar-refractivity contribution in [1.82, 2.24) is 5.32 Å². The van der Waals surface area contributed by atoms with Crippen LogP contribution in [0.4, 0.5) is 0 Å². The lowest BCUT2D eigenvalue weighted by atomic mass is 9.76. The second-order valence-corrected chi connectivity index (χ2v) is 4.58. The molecule has 2 fully saturated rings. The van der Waals surface area contributed by atoms with E-state index in [0.29, 0.717) is 13.0 Å². The van der Waals surface area contributed by atoms with E-state index < -0.39 is 12.2 Å². The Morgan fingerprint density at radius 3 is 2.47 bits per heavy atom. The number of hydrogen-bond donors (Lipinski definition) is 3. The minimum Gasteiger partial charge on any atom is -0.390 e. The van der Waals surface area contributed by atoms with Crippen molar-refractivity contribution in [3.63, 3.8) is 0 Å². The number of aliphatic hydroxyl groups excluding tert-OH is 2. The molecule has 5 heteroatoms.